The highest BCUT2D eigenvalue weighted by atomic mass is 32.1. The van der Waals surface area contributed by atoms with Crippen molar-refractivity contribution in [1.82, 2.24) is 5.32 Å². The summed E-state index contributed by atoms with van der Waals surface area (Å²) in [6.07, 6.45) is 0. The standard InChI is InChI=1S/C14H20NS/c1-10(2)13-7-5-6-12(8-15-9-16)14(13)11(3)4/h5-7,10-11H,8H2,1-4H3,(H,15,16). The summed E-state index contributed by atoms with van der Waals surface area (Å²) in [6.45, 7) is 9.74. The Kier molecular flexibility index (Phi) is 4.94. The zero-order valence-electron chi connectivity index (χ0n) is 10.5. The smallest absolute Gasteiger partial charge is 0.134 e. The number of hydrogen-bond donors (Lipinski definition) is 1. The van der Waals surface area contributed by atoms with Crippen LogP contribution in [0.2, 0.25) is 0 Å². The predicted molar refractivity (Wildman–Crippen MR) is 74.1 cm³/mol. The van der Waals surface area contributed by atoms with E-state index in [2.05, 4.69) is 68.9 Å². The lowest BCUT2D eigenvalue weighted by molar-refractivity contribution is 0.766. The summed E-state index contributed by atoms with van der Waals surface area (Å²) < 4.78 is 0. The predicted octanol–water partition coefficient (Wildman–Crippen LogP) is 3.86. The Labute approximate surface area is 104 Å². The van der Waals surface area contributed by atoms with E-state index in [4.69, 9.17) is 0 Å². The van der Waals surface area contributed by atoms with Crippen LogP contribution in [-0.4, -0.2) is 5.49 Å². The van der Waals surface area contributed by atoms with Crippen LogP contribution in [0.25, 0.3) is 0 Å². The van der Waals surface area contributed by atoms with Gasteiger partial charge in [0.15, 0.2) is 0 Å². The molecule has 1 N–H and O–H groups in total. The molecular formula is C14H20NS. The minimum absolute atomic E-state index is 0.542. The zero-order chi connectivity index (χ0) is 12.1. The molecule has 0 unspecified atom stereocenters. The molecule has 0 saturated heterocycles. The molecule has 0 bridgehead atoms. The van der Waals surface area contributed by atoms with E-state index in [-0.39, 0.29) is 0 Å². The van der Waals surface area contributed by atoms with Crippen LogP contribution >= 0.6 is 12.2 Å². The van der Waals surface area contributed by atoms with Crippen molar-refractivity contribution in [3.8, 4) is 0 Å². The number of rotatable bonds is 5. The summed E-state index contributed by atoms with van der Waals surface area (Å²) in [5.41, 5.74) is 6.79. The van der Waals surface area contributed by atoms with Crippen molar-refractivity contribution in [2.75, 3.05) is 0 Å². The first-order chi connectivity index (χ1) is 7.57. The molecule has 16 heavy (non-hydrogen) atoms. The third-order valence-corrected chi connectivity index (χ3v) is 2.92. The van der Waals surface area contributed by atoms with Gasteiger partial charge in [0.1, 0.15) is 5.49 Å². The van der Waals surface area contributed by atoms with Crippen LogP contribution < -0.4 is 5.32 Å². The summed E-state index contributed by atoms with van der Waals surface area (Å²) in [7, 11) is 0. The van der Waals surface area contributed by atoms with E-state index in [1.807, 2.05) is 0 Å². The summed E-state index contributed by atoms with van der Waals surface area (Å²) in [5, 5.41) is 2.99. The van der Waals surface area contributed by atoms with Gasteiger partial charge in [0.25, 0.3) is 0 Å². The molecule has 0 fully saturated rings. The van der Waals surface area contributed by atoms with Crippen molar-refractivity contribution in [2.45, 2.75) is 46.1 Å². The van der Waals surface area contributed by atoms with Crippen molar-refractivity contribution in [1.29, 1.82) is 0 Å². The Morgan fingerprint density at radius 2 is 1.88 bits per heavy atom. The number of hydrogen-bond acceptors (Lipinski definition) is 1. The van der Waals surface area contributed by atoms with Crippen LogP contribution in [0.5, 0.6) is 0 Å². The Hall–Kier alpha value is -0.890. The summed E-state index contributed by atoms with van der Waals surface area (Å²) in [4.78, 5) is 0. The highest BCUT2D eigenvalue weighted by Gasteiger charge is 2.13. The fraction of sp³-hybridized carbons (Fsp3) is 0.500. The molecule has 1 rings (SSSR count). The Bertz CT molecular complexity index is 356. The van der Waals surface area contributed by atoms with Gasteiger partial charge in [-0.2, -0.15) is 0 Å². The van der Waals surface area contributed by atoms with Gasteiger partial charge in [-0.1, -0.05) is 58.1 Å². The molecule has 1 nitrogen and oxygen atoms in total. The van der Waals surface area contributed by atoms with Crippen LogP contribution in [-0.2, 0) is 6.54 Å². The maximum absolute atomic E-state index is 4.68. The maximum Gasteiger partial charge on any atom is 0.134 e. The van der Waals surface area contributed by atoms with Crippen molar-refractivity contribution in [2.24, 2.45) is 0 Å². The van der Waals surface area contributed by atoms with E-state index in [0.29, 0.717) is 11.8 Å². The molecule has 1 aromatic carbocycles. The third kappa shape index (κ3) is 3.05. The molecule has 0 spiro atoms. The normalized spacial score (nSPS) is 10.9. The number of thiocarbonyl (C=S) groups is 1. The second-order valence-corrected chi connectivity index (χ2v) is 4.89. The highest BCUT2D eigenvalue weighted by molar-refractivity contribution is 7.78. The first kappa shape index (κ1) is 13.2. The van der Waals surface area contributed by atoms with Crippen LogP contribution in [0.3, 0.4) is 0 Å². The van der Waals surface area contributed by atoms with Gasteiger partial charge >= 0.3 is 0 Å². The van der Waals surface area contributed by atoms with Gasteiger partial charge in [-0.3, -0.25) is 0 Å². The molecule has 0 amide bonds. The Balaban J connectivity index is 3.15. The molecule has 2 heteroatoms. The molecule has 1 radical (unpaired) electrons. The fourth-order valence-corrected chi connectivity index (χ4v) is 2.20. The Morgan fingerprint density at radius 3 is 2.38 bits per heavy atom. The van der Waals surface area contributed by atoms with Gasteiger partial charge in [-0.25, -0.2) is 0 Å². The average molecular weight is 234 g/mol. The summed E-state index contributed by atoms with van der Waals surface area (Å²) in [5.74, 6) is 1.11. The second-order valence-electron chi connectivity index (χ2n) is 4.69. The molecule has 0 saturated carbocycles. The SMILES string of the molecule is CC(C)c1cccc(CN[C]=S)c1C(C)C. The van der Waals surface area contributed by atoms with E-state index in [1.54, 1.807) is 0 Å². The van der Waals surface area contributed by atoms with E-state index >= 15 is 0 Å². The molecule has 0 aliphatic heterocycles. The maximum atomic E-state index is 4.68. The van der Waals surface area contributed by atoms with Crippen LogP contribution in [0.15, 0.2) is 18.2 Å². The molecule has 87 valence electrons. The topological polar surface area (TPSA) is 12.0 Å². The average Bonchev–Trinajstić information content (AvgIpc) is 2.25. The van der Waals surface area contributed by atoms with Gasteiger partial charge in [-0.15, -0.1) is 0 Å². The largest absolute Gasteiger partial charge is 0.370 e. The highest BCUT2D eigenvalue weighted by Crippen LogP contribution is 2.29. The van der Waals surface area contributed by atoms with Gasteiger partial charge < -0.3 is 5.32 Å². The third-order valence-electron chi connectivity index (χ3n) is 2.78. The van der Waals surface area contributed by atoms with Crippen molar-refractivity contribution >= 4 is 17.7 Å². The van der Waals surface area contributed by atoms with Crippen LogP contribution in [0, 0.1) is 0 Å². The summed E-state index contributed by atoms with van der Waals surface area (Å²) >= 11 is 4.68. The molecule has 0 aliphatic carbocycles. The van der Waals surface area contributed by atoms with Gasteiger partial charge in [0.2, 0.25) is 0 Å². The molecule has 0 aromatic heterocycles. The van der Waals surface area contributed by atoms with Crippen molar-refractivity contribution in [3.63, 3.8) is 0 Å². The molecule has 0 aliphatic rings. The first-order valence-electron chi connectivity index (χ1n) is 5.79. The minimum Gasteiger partial charge on any atom is -0.370 e. The lowest BCUT2D eigenvalue weighted by Gasteiger charge is -2.20. The van der Waals surface area contributed by atoms with E-state index in [0.717, 1.165) is 6.54 Å². The second kappa shape index (κ2) is 6.00. The number of nitrogens with one attached hydrogen (secondary N) is 1. The van der Waals surface area contributed by atoms with E-state index in [9.17, 15) is 0 Å². The number of benzene rings is 1. The van der Waals surface area contributed by atoms with E-state index in [1.165, 1.54) is 16.7 Å². The quantitative estimate of drug-likeness (QED) is 0.613. The zero-order valence-corrected chi connectivity index (χ0v) is 11.3. The van der Waals surface area contributed by atoms with Gasteiger partial charge in [0, 0.05) is 6.54 Å². The molecule has 1 aromatic rings. The van der Waals surface area contributed by atoms with Gasteiger partial charge in [0.05, 0.1) is 0 Å². The van der Waals surface area contributed by atoms with E-state index < -0.39 is 0 Å². The molecule has 0 atom stereocenters. The van der Waals surface area contributed by atoms with Crippen molar-refractivity contribution in [3.05, 3.63) is 34.9 Å². The van der Waals surface area contributed by atoms with Gasteiger partial charge in [-0.05, 0) is 28.5 Å². The molecular weight excluding hydrogens is 214 g/mol. The summed E-state index contributed by atoms with van der Waals surface area (Å²) in [6, 6.07) is 6.52. The fourth-order valence-electron chi connectivity index (χ4n) is 2.13. The van der Waals surface area contributed by atoms with Crippen LogP contribution in [0.1, 0.15) is 56.2 Å². The lowest BCUT2D eigenvalue weighted by Crippen LogP contribution is -2.13. The monoisotopic (exact) mass is 234 g/mol. The first-order valence-corrected chi connectivity index (χ1v) is 6.20. The van der Waals surface area contributed by atoms with Crippen LogP contribution in [0.4, 0.5) is 0 Å². The molecule has 0 heterocycles. The minimum atomic E-state index is 0.542. The Morgan fingerprint density at radius 1 is 1.19 bits per heavy atom. The van der Waals surface area contributed by atoms with Crippen molar-refractivity contribution < 1.29 is 0 Å². The lowest BCUT2D eigenvalue weighted by atomic mass is 9.87.